The average molecular weight is 228 g/mol. The number of aromatic nitrogens is 1. The summed E-state index contributed by atoms with van der Waals surface area (Å²) >= 11 is 1.22. The zero-order valence-electron chi connectivity index (χ0n) is 7.93. The fourth-order valence-electron chi connectivity index (χ4n) is 0.753. The highest BCUT2D eigenvalue weighted by Crippen LogP contribution is 2.13. The number of nitrogens with one attached hydrogen (secondary N) is 1. The van der Waals surface area contributed by atoms with E-state index in [1.807, 2.05) is 0 Å². The summed E-state index contributed by atoms with van der Waals surface area (Å²) in [4.78, 5) is 25.8. The van der Waals surface area contributed by atoms with Crippen molar-refractivity contribution in [3.05, 3.63) is 18.0 Å². The van der Waals surface area contributed by atoms with Gasteiger partial charge in [0.25, 0.3) is 0 Å². The second kappa shape index (κ2) is 4.37. The smallest absolute Gasteiger partial charge is 0.249 e. The molecule has 0 aliphatic heterocycles. The van der Waals surface area contributed by atoms with Gasteiger partial charge in [-0.2, -0.15) is 0 Å². The average Bonchev–Trinajstić information content (AvgIpc) is 2.54. The number of nitrogens with two attached hydrogens (primary N) is 1. The van der Waals surface area contributed by atoms with Crippen LogP contribution < -0.4 is 11.1 Å². The lowest BCUT2D eigenvalue weighted by Crippen LogP contribution is -2.44. The Balaban J connectivity index is 2.53. The Labute approximate surface area is 90.1 Å². The molecule has 15 heavy (non-hydrogen) atoms. The van der Waals surface area contributed by atoms with E-state index in [0.717, 1.165) is 13.3 Å². The Hall–Kier alpha value is -1.47. The van der Waals surface area contributed by atoms with Crippen molar-refractivity contribution in [2.45, 2.75) is 12.5 Å². The molecule has 7 heteroatoms. The van der Waals surface area contributed by atoms with Gasteiger partial charge in [-0.3, -0.25) is 9.59 Å². The largest absolute Gasteiger partial charge is 0.379 e. The van der Waals surface area contributed by atoms with Gasteiger partial charge in [-0.1, -0.05) is 0 Å². The van der Waals surface area contributed by atoms with Gasteiger partial charge in [-0.25, -0.2) is 4.98 Å². The molecular formula is C8H10N3O3S. The van der Waals surface area contributed by atoms with Crippen molar-refractivity contribution in [1.82, 2.24) is 4.98 Å². The van der Waals surface area contributed by atoms with Crippen LogP contribution in [0.2, 0.25) is 0 Å². The molecule has 1 unspecified atom stereocenters. The van der Waals surface area contributed by atoms with E-state index in [4.69, 9.17) is 5.73 Å². The topological polar surface area (TPSA) is 105 Å². The predicted octanol–water partition coefficient (Wildman–Crippen LogP) is -0.478. The lowest BCUT2D eigenvalue weighted by Gasteiger charge is -2.16. The number of carbonyl (C=O) groups is 2. The van der Waals surface area contributed by atoms with E-state index < -0.39 is 17.4 Å². The number of primary amides is 1. The van der Waals surface area contributed by atoms with Crippen LogP contribution in [0.1, 0.15) is 6.92 Å². The molecular weight excluding hydrogens is 218 g/mol. The number of nitrogens with zero attached hydrogens (tertiary/aromatic N) is 1. The van der Waals surface area contributed by atoms with E-state index in [0.29, 0.717) is 5.13 Å². The second-order valence-corrected chi connectivity index (χ2v) is 3.88. The maximum absolute atomic E-state index is 11.3. The van der Waals surface area contributed by atoms with Crippen LogP contribution in [-0.2, 0) is 9.59 Å². The minimum Gasteiger partial charge on any atom is -0.379 e. The third kappa shape index (κ3) is 3.30. The van der Waals surface area contributed by atoms with Crippen molar-refractivity contribution in [3.8, 4) is 0 Å². The van der Waals surface area contributed by atoms with Gasteiger partial charge in [-0.15, -0.1) is 11.3 Å². The maximum atomic E-state index is 11.3. The monoisotopic (exact) mass is 228 g/mol. The molecule has 81 valence electrons. The summed E-state index contributed by atoms with van der Waals surface area (Å²) in [5.74, 6) is -1.62. The first-order valence-electron chi connectivity index (χ1n) is 4.00. The summed E-state index contributed by atoms with van der Waals surface area (Å²) < 4.78 is 0. The van der Waals surface area contributed by atoms with Crippen molar-refractivity contribution < 1.29 is 14.7 Å². The van der Waals surface area contributed by atoms with E-state index >= 15 is 0 Å². The molecule has 6 nitrogen and oxygen atoms in total. The normalized spacial score (nSPS) is 14.3. The number of amides is 2. The van der Waals surface area contributed by atoms with E-state index in [-0.39, 0.29) is 0 Å². The highest BCUT2D eigenvalue weighted by atomic mass is 32.1. The van der Waals surface area contributed by atoms with Gasteiger partial charge in [0.2, 0.25) is 11.8 Å². The molecule has 2 amide bonds. The summed E-state index contributed by atoms with van der Waals surface area (Å²) in [6.45, 7) is 1.14. The molecule has 0 aromatic carbocycles. The molecule has 0 fully saturated rings. The third-order valence-corrected chi connectivity index (χ3v) is 2.26. The molecule has 1 heterocycles. The minimum atomic E-state index is -1.96. The van der Waals surface area contributed by atoms with Crippen LogP contribution in [0.15, 0.2) is 11.6 Å². The standard InChI is InChI=1S/C8H10N3O3S/c1-8(14,6(9)13)4-5(12)11-7-10-2-3-15-7/h2-4,14H,1H3,(H2,9,13)(H,10,11,12). The summed E-state index contributed by atoms with van der Waals surface area (Å²) in [6.07, 6.45) is 2.32. The van der Waals surface area contributed by atoms with Crippen LogP contribution in [0, 0.1) is 6.42 Å². The van der Waals surface area contributed by atoms with Gasteiger partial charge < -0.3 is 16.2 Å². The fraction of sp³-hybridized carbons (Fsp3) is 0.250. The molecule has 4 N–H and O–H groups in total. The fourth-order valence-corrected chi connectivity index (χ4v) is 1.28. The number of hydrogen-bond acceptors (Lipinski definition) is 5. The van der Waals surface area contributed by atoms with Crippen LogP contribution in [0.3, 0.4) is 0 Å². The minimum absolute atomic E-state index is 0.386. The Bertz CT molecular complexity index is 361. The van der Waals surface area contributed by atoms with Crippen LogP contribution >= 0.6 is 11.3 Å². The van der Waals surface area contributed by atoms with Crippen molar-refractivity contribution in [3.63, 3.8) is 0 Å². The van der Waals surface area contributed by atoms with E-state index in [9.17, 15) is 14.7 Å². The quantitative estimate of drug-likeness (QED) is 0.647. The second-order valence-electron chi connectivity index (χ2n) is 2.98. The first-order chi connectivity index (χ1) is 6.92. The van der Waals surface area contributed by atoms with E-state index in [1.54, 1.807) is 5.38 Å². The van der Waals surface area contributed by atoms with Crippen LogP contribution in [0.25, 0.3) is 0 Å². The first kappa shape index (κ1) is 11.6. The zero-order chi connectivity index (χ0) is 11.5. The van der Waals surface area contributed by atoms with Gasteiger partial charge in [-0.05, 0) is 6.92 Å². The number of aliphatic hydroxyl groups is 1. The van der Waals surface area contributed by atoms with Crippen LogP contribution in [0.4, 0.5) is 5.13 Å². The summed E-state index contributed by atoms with van der Waals surface area (Å²) in [5, 5.41) is 13.8. The Kier molecular flexibility index (Phi) is 3.38. The summed E-state index contributed by atoms with van der Waals surface area (Å²) in [7, 11) is 0. The summed E-state index contributed by atoms with van der Waals surface area (Å²) in [6, 6.07) is 0. The van der Waals surface area contributed by atoms with E-state index in [1.165, 1.54) is 17.5 Å². The van der Waals surface area contributed by atoms with Gasteiger partial charge in [0.05, 0.1) is 6.42 Å². The molecule has 0 saturated heterocycles. The van der Waals surface area contributed by atoms with Gasteiger partial charge in [0.1, 0.15) is 0 Å². The first-order valence-corrected chi connectivity index (χ1v) is 4.88. The number of hydrogen-bond donors (Lipinski definition) is 3. The predicted molar refractivity (Wildman–Crippen MR) is 54.9 cm³/mol. The number of thiazole rings is 1. The molecule has 0 bridgehead atoms. The molecule has 0 saturated carbocycles. The van der Waals surface area contributed by atoms with Gasteiger partial charge in [0, 0.05) is 11.6 Å². The van der Waals surface area contributed by atoms with Gasteiger partial charge in [0.15, 0.2) is 10.7 Å². The number of rotatable bonds is 4. The van der Waals surface area contributed by atoms with Crippen molar-refractivity contribution in [2.24, 2.45) is 5.73 Å². The lowest BCUT2D eigenvalue weighted by atomic mass is 10.0. The molecule has 1 aromatic heterocycles. The molecule has 1 rings (SSSR count). The third-order valence-electron chi connectivity index (χ3n) is 1.57. The Morgan fingerprint density at radius 3 is 2.87 bits per heavy atom. The number of anilines is 1. The summed E-state index contributed by atoms with van der Waals surface area (Å²) in [5.41, 5.74) is 2.92. The molecule has 1 atom stereocenters. The van der Waals surface area contributed by atoms with Crippen molar-refractivity contribution in [2.75, 3.05) is 5.32 Å². The highest BCUT2D eigenvalue weighted by molar-refractivity contribution is 7.13. The molecule has 0 spiro atoms. The molecule has 0 aliphatic rings. The lowest BCUT2D eigenvalue weighted by molar-refractivity contribution is -0.134. The molecule has 1 aromatic rings. The van der Waals surface area contributed by atoms with Crippen LogP contribution in [0.5, 0.6) is 0 Å². The van der Waals surface area contributed by atoms with Crippen LogP contribution in [-0.4, -0.2) is 27.5 Å². The Morgan fingerprint density at radius 1 is 1.73 bits per heavy atom. The maximum Gasteiger partial charge on any atom is 0.249 e. The van der Waals surface area contributed by atoms with Crippen molar-refractivity contribution >= 4 is 28.3 Å². The molecule has 0 aliphatic carbocycles. The van der Waals surface area contributed by atoms with Crippen molar-refractivity contribution in [1.29, 1.82) is 0 Å². The zero-order valence-corrected chi connectivity index (χ0v) is 8.75. The van der Waals surface area contributed by atoms with Gasteiger partial charge >= 0.3 is 0 Å². The highest BCUT2D eigenvalue weighted by Gasteiger charge is 2.31. The SMILES string of the molecule is CC(O)([CH]C(=O)Nc1nccs1)C(N)=O. The molecule has 1 radical (unpaired) electrons. The Morgan fingerprint density at radius 2 is 2.40 bits per heavy atom. The number of carbonyl (C=O) groups excluding carboxylic acids is 2. The van der Waals surface area contributed by atoms with E-state index in [2.05, 4.69) is 10.3 Å².